The maximum absolute atomic E-state index is 14.7. The van der Waals surface area contributed by atoms with Crippen molar-refractivity contribution in [1.82, 2.24) is 60.8 Å². The van der Waals surface area contributed by atoms with Crippen molar-refractivity contribution in [2.24, 2.45) is 0 Å². The average molecular weight is 1410 g/mol. The highest BCUT2D eigenvalue weighted by Gasteiger charge is 2.27. The number of aromatic amines is 3. The lowest BCUT2D eigenvalue weighted by Gasteiger charge is -2.16. The quantitative estimate of drug-likeness (QED) is 0.0358. The molecule has 0 unspecified atom stereocenters. The molecule has 528 valence electrons. The van der Waals surface area contributed by atoms with Crippen LogP contribution in [0.3, 0.4) is 0 Å². The maximum Gasteiger partial charge on any atom is 0.251 e. The van der Waals surface area contributed by atoms with Crippen molar-refractivity contribution >= 4 is 103 Å². The normalized spacial score (nSPS) is 13.8. The number of halogens is 2. The number of amides is 3. The number of methoxy groups -OCH3 is 1. The Morgan fingerprint density at radius 2 is 0.845 bits per heavy atom. The summed E-state index contributed by atoms with van der Waals surface area (Å²) in [4.78, 5) is 73.3. The SMILES string of the molecule is CNC(=O)c1ccc(Nc2nc(NC3CCCC3)c3c(-c4ccc(O)cc4)c[nH]c3n2)c(OC)c1.CNC(=O)c1ccc(Nc2nc(OC3CCCC3)c3c(-c4ccc(O)cc4)c[nH]c3n2)c(Cl)c1.CNC(=O)c1ccc(Nc2nc(OC3CCCC3)c3c(-c4ccc(O)cc4)c[nH]c3n2)c(F)c1. The lowest BCUT2D eigenvalue weighted by atomic mass is 10.1. The van der Waals surface area contributed by atoms with Gasteiger partial charge in [-0.05, 0) is 172 Å². The van der Waals surface area contributed by atoms with Crippen molar-refractivity contribution in [1.29, 1.82) is 0 Å². The molecule has 6 aromatic carbocycles. The highest BCUT2D eigenvalue weighted by Crippen LogP contribution is 2.42. The molecule has 0 aliphatic heterocycles. The summed E-state index contributed by atoms with van der Waals surface area (Å²) < 4.78 is 32.8. The number of H-pyrrole nitrogens is 3. The molecule has 15 rings (SSSR count). The number of aromatic nitrogens is 9. The first-order chi connectivity index (χ1) is 50.1. The van der Waals surface area contributed by atoms with E-state index < -0.39 is 5.82 Å². The lowest BCUT2D eigenvalue weighted by Crippen LogP contribution is -2.18. The van der Waals surface area contributed by atoms with Gasteiger partial charge < -0.3 is 81.7 Å². The summed E-state index contributed by atoms with van der Waals surface area (Å²) in [6.45, 7) is 0. The molecule has 0 bridgehead atoms. The first-order valence-electron chi connectivity index (χ1n) is 34.0. The van der Waals surface area contributed by atoms with Gasteiger partial charge in [0.2, 0.25) is 29.6 Å². The van der Waals surface area contributed by atoms with Gasteiger partial charge in [0.25, 0.3) is 17.7 Å². The number of anilines is 7. The Kier molecular flexibility index (Phi) is 21.0. The number of phenolic OH excluding ortho intramolecular Hbond substituents is 3. The summed E-state index contributed by atoms with van der Waals surface area (Å²) in [5, 5.41) is 52.4. The summed E-state index contributed by atoms with van der Waals surface area (Å²) in [6, 6.07) is 35.6. The van der Waals surface area contributed by atoms with Crippen LogP contribution in [-0.2, 0) is 0 Å². The molecule has 0 spiro atoms. The van der Waals surface area contributed by atoms with Crippen molar-refractivity contribution in [3.63, 3.8) is 0 Å². The number of rotatable bonds is 19. The highest BCUT2D eigenvalue weighted by molar-refractivity contribution is 6.33. The van der Waals surface area contributed by atoms with E-state index in [1.165, 1.54) is 32.0 Å². The van der Waals surface area contributed by atoms with Gasteiger partial charge in [-0.3, -0.25) is 14.4 Å². The third kappa shape index (κ3) is 15.9. The fourth-order valence-electron chi connectivity index (χ4n) is 12.9. The van der Waals surface area contributed by atoms with Crippen LogP contribution in [0.25, 0.3) is 66.5 Å². The maximum atomic E-state index is 14.7. The Labute approximate surface area is 595 Å². The molecule has 3 aliphatic carbocycles. The van der Waals surface area contributed by atoms with Gasteiger partial charge >= 0.3 is 0 Å². The fraction of sp³-hybridized carbons (Fsp3) is 0.250. The predicted molar refractivity (Wildman–Crippen MR) is 395 cm³/mol. The minimum Gasteiger partial charge on any atom is -0.508 e. The van der Waals surface area contributed by atoms with E-state index in [2.05, 4.69) is 67.1 Å². The first-order valence-corrected chi connectivity index (χ1v) is 34.4. The second-order valence-electron chi connectivity index (χ2n) is 25.1. The number of ether oxygens (including phenoxy) is 3. The molecule has 3 fully saturated rings. The number of benzene rings is 6. The smallest absolute Gasteiger partial charge is 0.251 e. The van der Waals surface area contributed by atoms with Crippen LogP contribution in [-0.4, -0.2) is 124 Å². The Hall–Kier alpha value is -12.2. The van der Waals surface area contributed by atoms with E-state index in [0.717, 1.165) is 126 Å². The molecule has 0 saturated heterocycles. The van der Waals surface area contributed by atoms with E-state index in [-0.39, 0.29) is 64.4 Å². The molecule has 6 heterocycles. The molecule has 13 N–H and O–H groups in total. The fourth-order valence-corrected chi connectivity index (χ4v) is 13.1. The van der Waals surface area contributed by atoms with Gasteiger partial charge in [-0.15, -0.1) is 0 Å². The van der Waals surface area contributed by atoms with Gasteiger partial charge in [-0.1, -0.05) is 60.8 Å². The van der Waals surface area contributed by atoms with Crippen molar-refractivity contribution in [2.45, 2.75) is 95.3 Å². The first kappa shape index (κ1) is 69.3. The number of aromatic hydroxyl groups is 3. The molecule has 3 amide bonds. The number of carbonyl (C=O) groups excluding carboxylic acids is 3. The van der Waals surface area contributed by atoms with E-state index in [1.54, 1.807) is 94.0 Å². The zero-order chi connectivity index (χ0) is 71.7. The summed E-state index contributed by atoms with van der Waals surface area (Å²) in [7, 11) is 6.20. The monoisotopic (exact) mass is 1410 g/mol. The minimum absolute atomic E-state index is 0.0529. The summed E-state index contributed by atoms with van der Waals surface area (Å²) in [5.41, 5.74) is 9.83. The third-order valence-corrected chi connectivity index (χ3v) is 18.6. The number of phenols is 3. The van der Waals surface area contributed by atoms with E-state index in [9.17, 15) is 34.1 Å². The average Bonchev–Trinajstić information content (AvgIpc) is 1.67. The minimum atomic E-state index is -0.598. The Bertz CT molecular complexity index is 4840. The predicted octanol–water partition coefficient (Wildman–Crippen LogP) is 15.1. The van der Waals surface area contributed by atoms with E-state index in [0.29, 0.717) is 79.9 Å². The Balaban J connectivity index is 0.000000138. The van der Waals surface area contributed by atoms with Gasteiger partial charge in [0.15, 0.2) is 0 Å². The van der Waals surface area contributed by atoms with Gasteiger partial charge in [-0.25, -0.2) is 4.39 Å². The lowest BCUT2D eigenvalue weighted by molar-refractivity contribution is 0.0954. The van der Waals surface area contributed by atoms with Crippen LogP contribution >= 0.6 is 11.6 Å². The van der Waals surface area contributed by atoms with Crippen molar-refractivity contribution in [2.75, 3.05) is 49.5 Å². The standard InChI is InChI=1S/C26H28N6O3.C25H24ClN5O3.C25H24FN5O3/c1-27-25(34)16-9-12-20(21(13-16)35-2)30-26-31-23-22(24(32-26)29-17-5-3-4-6-17)19(14-28-23)15-7-10-18(33)11-8-15;2*1-27-23(33)15-8-11-20(19(26)12-15)29-25-30-22-21(24(31-25)34-17-4-2-3-5-17)18(13-28-22)14-6-9-16(32)10-7-14/h7-14,17,33H,3-6H2,1-2H3,(H,27,34)(H3,28,29,30,31,32);2*6-13,17,32H,2-5H2,1H3,(H,27,33)(H2,28,29,30,31). The third-order valence-electron chi connectivity index (χ3n) is 18.3. The Morgan fingerprint density at radius 3 is 1.28 bits per heavy atom. The second-order valence-corrected chi connectivity index (χ2v) is 25.5. The topological polar surface area (TPSA) is 349 Å². The van der Waals surface area contributed by atoms with Crippen LogP contribution in [0.5, 0.6) is 34.8 Å². The molecule has 0 radical (unpaired) electrons. The number of nitrogens with zero attached hydrogens (tertiary/aromatic N) is 6. The molecule has 0 atom stereocenters. The summed E-state index contributed by atoms with van der Waals surface area (Å²) in [6.07, 6.45) is 18.7. The number of hydrogen-bond acceptors (Lipinski definition) is 19. The highest BCUT2D eigenvalue weighted by atomic mass is 35.5. The summed E-state index contributed by atoms with van der Waals surface area (Å²) in [5.74, 6) is 2.28. The molecule has 25 nitrogen and oxygen atoms in total. The molecule has 3 saturated carbocycles. The van der Waals surface area contributed by atoms with Crippen LogP contribution in [0.15, 0.2) is 146 Å². The molecule has 3 aliphatic rings. The molecular weight excluding hydrogens is 1340 g/mol. The van der Waals surface area contributed by atoms with Crippen LogP contribution in [0, 0.1) is 5.82 Å². The second kappa shape index (κ2) is 31.1. The number of fused-ring (bicyclic) bond motifs is 3. The van der Waals surface area contributed by atoms with Crippen molar-refractivity contribution < 1.29 is 48.3 Å². The Morgan fingerprint density at radius 1 is 0.466 bits per heavy atom. The van der Waals surface area contributed by atoms with Crippen LogP contribution in [0.4, 0.5) is 45.1 Å². The number of hydrogen-bond donors (Lipinski definition) is 13. The van der Waals surface area contributed by atoms with Gasteiger partial charge in [0.05, 0.1) is 45.4 Å². The number of carbonyl (C=O) groups is 3. The van der Waals surface area contributed by atoms with Gasteiger partial charge in [0, 0.05) is 79.2 Å². The van der Waals surface area contributed by atoms with E-state index in [1.807, 2.05) is 55.0 Å². The molecule has 12 aromatic rings. The van der Waals surface area contributed by atoms with Crippen LogP contribution in [0.2, 0.25) is 5.02 Å². The van der Waals surface area contributed by atoms with E-state index in [4.69, 9.17) is 40.8 Å². The van der Waals surface area contributed by atoms with E-state index >= 15 is 0 Å². The summed E-state index contributed by atoms with van der Waals surface area (Å²) >= 11 is 6.42. The molecule has 103 heavy (non-hydrogen) atoms. The van der Waals surface area contributed by atoms with Gasteiger partial charge in [-0.2, -0.15) is 29.9 Å². The molecule has 27 heteroatoms. The van der Waals surface area contributed by atoms with Crippen LogP contribution < -0.4 is 51.4 Å². The van der Waals surface area contributed by atoms with Crippen molar-refractivity contribution in [3.8, 4) is 68.1 Å². The van der Waals surface area contributed by atoms with Crippen LogP contribution in [0.1, 0.15) is 108 Å². The zero-order valence-electron chi connectivity index (χ0n) is 56.8. The molecular formula is C76H76ClFN16O9. The largest absolute Gasteiger partial charge is 0.508 e. The van der Waals surface area contributed by atoms with Crippen molar-refractivity contribution in [3.05, 3.63) is 174 Å². The number of nitrogens with one attached hydrogen (secondary N) is 10. The molecule has 6 aromatic heterocycles. The zero-order valence-corrected chi connectivity index (χ0v) is 57.6. The van der Waals surface area contributed by atoms with Gasteiger partial charge in [0.1, 0.15) is 63.8 Å².